The molecule has 2 unspecified atom stereocenters. The molecule has 30 heavy (non-hydrogen) atoms. The highest BCUT2D eigenvalue weighted by Gasteiger charge is 2.33. The van der Waals surface area contributed by atoms with Gasteiger partial charge in [0.2, 0.25) is 0 Å². The molecule has 0 heterocycles. The number of hydrogen-bond donors (Lipinski definition) is 2. The molecule has 0 aromatic heterocycles. The van der Waals surface area contributed by atoms with Crippen molar-refractivity contribution in [1.29, 1.82) is 0 Å². The number of non-ortho nitro benzene ring substituents is 1. The Bertz CT molecular complexity index is 853. The van der Waals surface area contributed by atoms with Gasteiger partial charge in [0.25, 0.3) is 5.69 Å². The Morgan fingerprint density at radius 1 is 1.23 bits per heavy atom. The monoisotopic (exact) mass is 472 g/mol. The van der Waals surface area contributed by atoms with E-state index in [0.29, 0.717) is 6.16 Å². The molecule has 0 radical (unpaired) electrons. The van der Waals surface area contributed by atoms with Crippen LogP contribution in [0.3, 0.4) is 0 Å². The van der Waals surface area contributed by atoms with E-state index >= 15 is 0 Å². The van der Waals surface area contributed by atoms with E-state index in [0.717, 1.165) is 23.6 Å². The minimum Gasteiger partial charge on any atom is -0.258 e. The minimum atomic E-state index is -1.24. The zero-order valence-corrected chi connectivity index (χ0v) is 20.6. The van der Waals surface area contributed by atoms with E-state index in [4.69, 9.17) is 0 Å². The van der Waals surface area contributed by atoms with Crippen molar-refractivity contribution in [3.8, 4) is 0 Å². The Morgan fingerprint density at radius 2 is 1.80 bits per heavy atom. The average Bonchev–Trinajstić information content (AvgIpc) is 2.68. The predicted octanol–water partition coefficient (Wildman–Crippen LogP) is 6.02. The summed E-state index contributed by atoms with van der Waals surface area (Å²) in [5, 5.41) is 11.0. The van der Waals surface area contributed by atoms with Crippen LogP contribution in [0.15, 0.2) is 48.5 Å². The first-order valence-corrected chi connectivity index (χ1v) is 13.8. The number of hydrogen-bond acceptors (Lipinski definition) is 5. The molecule has 0 spiro atoms. The Labute approximate surface area is 187 Å². The van der Waals surface area contributed by atoms with Gasteiger partial charge in [0.15, 0.2) is 0 Å². The van der Waals surface area contributed by atoms with Crippen LogP contribution in [-0.2, 0) is 22.1 Å². The van der Waals surface area contributed by atoms with Crippen molar-refractivity contribution in [2.24, 2.45) is 5.92 Å². The summed E-state index contributed by atoms with van der Waals surface area (Å²) in [4.78, 5) is 10.4. The molecule has 5 nitrogen and oxygen atoms in total. The van der Waals surface area contributed by atoms with Gasteiger partial charge in [-0.1, -0.05) is 63.9 Å². The van der Waals surface area contributed by atoms with E-state index in [1.54, 1.807) is 6.92 Å². The molecule has 2 aromatic rings. The highest BCUT2D eigenvalue weighted by atomic mass is 32.7. The zero-order chi connectivity index (χ0) is 22.9. The van der Waals surface area contributed by atoms with Crippen LogP contribution in [0.4, 0.5) is 10.1 Å². The SMILES string of the molecule is CC(C)C.CP(Cc1ccccc1)S(=O)C[C@](C)(NS)c1cc([N+](=O)[O-])ccc1F. The number of nitrogens with zero attached hydrogens (tertiary/aromatic N) is 1. The number of nitro benzene ring substituents is 1. The predicted molar refractivity (Wildman–Crippen MR) is 129 cm³/mol. The van der Waals surface area contributed by atoms with Crippen LogP contribution >= 0.6 is 19.9 Å². The lowest BCUT2D eigenvalue weighted by molar-refractivity contribution is -0.385. The van der Waals surface area contributed by atoms with Crippen LogP contribution in [0.5, 0.6) is 0 Å². The lowest BCUT2D eigenvalue weighted by atomic mass is 9.94. The van der Waals surface area contributed by atoms with Gasteiger partial charge in [-0.2, -0.15) is 0 Å². The molecule has 0 fully saturated rings. The van der Waals surface area contributed by atoms with Crippen molar-refractivity contribution in [1.82, 2.24) is 4.72 Å². The van der Waals surface area contributed by atoms with Gasteiger partial charge in [0.05, 0.1) is 16.2 Å². The molecule has 9 heteroatoms. The molecule has 1 N–H and O–H groups in total. The molecule has 0 saturated heterocycles. The lowest BCUT2D eigenvalue weighted by Crippen LogP contribution is -2.39. The fourth-order valence-corrected chi connectivity index (χ4v) is 6.92. The maximum absolute atomic E-state index is 14.3. The number of rotatable bonds is 8. The molecule has 0 aliphatic carbocycles. The van der Waals surface area contributed by atoms with Gasteiger partial charge in [-0.05, 0) is 38.3 Å². The molecule has 0 saturated carbocycles. The van der Waals surface area contributed by atoms with E-state index in [1.807, 2.05) is 37.0 Å². The number of benzene rings is 2. The van der Waals surface area contributed by atoms with Gasteiger partial charge in [-0.15, -0.1) is 0 Å². The van der Waals surface area contributed by atoms with Crippen LogP contribution < -0.4 is 4.72 Å². The maximum atomic E-state index is 14.3. The van der Waals surface area contributed by atoms with Crippen molar-refractivity contribution in [3.05, 3.63) is 75.6 Å². The van der Waals surface area contributed by atoms with Gasteiger partial charge >= 0.3 is 0 Å². The smallest absolute Gasteiger partial charge is 0.258 e. The summed E-state index contributed by atoms with van der Waals surface area (Å²) in [6.07, 6.45) is 0.683. The Hall–Kier alpha value is -1.34. The van der Waals surface area contributed by atoms with Crippen LogP contribution in [0, 0.1) is 21.8 Å². The molecule has 0 bridgehead atoms. The summed E-state index contributed by atoms with van der Waals surface area (Å²) in [5.41, 5.74) is -0.142. The fraction of sp³-hybridized carbons (Fsp3) is 0.429. The quantitative estimate of drug-likeness (QED) is 0.213. The highest BCUT2D eigenvalue weighted by molar-refractivity contribution is 8.46. The molecule has 2 aromatic carbocycles. The molecule has 0 aliphatic heterocycles. The number of halogens is 1. The van der Waals surface area contributed by atoms with Gasteiger partial charge in [0, 0.05) is 34.3 Å². The fourth-order valence-electron chi connectivity index (χ4n) is 2.49. The summed E-state index contributed by atoms with van der Waals surface area (Å²) in [7, 11) is -2.11. The van der Waals surface area contributed by atoms with Gasteiger partial charge in [-0.3, -0.25) is 19.0 Å². The first kappa shape index (κ1) is 26.7. The van der Waals surface area contributed by atoms with Crippen LogP contribution in [0.2, 0.25) is 0 Å². The third kappa shape index (κ3) is 8.42. The molecule has 3 atom stereocenters. The second kappa shape index (κ2) is 12.5. The minimum absolute atomic E-state index is 0.0816. The van der Waals surface area contributed by atoms with Crippen LogP contribution in [-0.4, -0.2) is 21.5 Å². The molecular weight excluding hydrogens is 442 g/mol. The van der Waals surface area contributed by atoms with Gasteiger partial charge < -0.3 is 0 Å². The average molecular weight is 473 g/mol. The molecule has 0 aliphatic rings. The van der Waals surface area contributed by atoms with Crippen molar-refractivity contribution in [3.63, 3.8) is 0 Å². The highest BCUT2D eigenvalue weighted by Crippen LogP contribution is 2.43. The van der Waals surface area contributed by atoms with E-state index in [9.17, 15) is 18.7 Å². The summed E-state index contributed by atoms with van der Waals surface area (Å²) in [5.74, 6) is 0.337. The molecular formula is C21H30FN2O3PS2. The number of thiol groups is 1. The Balaban J connectivity index is 0.00000103. The van der Waals surface area contributed by atoms with E-state index in [-0.39, 0.29) is 17.0 Å². The Morgan fingerprint density at radius 3 is 2.30 bits per heavy atom. The third-order valence-corrected chi connectivity index (χ3v) is 9.69. The third-order valence-electron chi connectivity index (χ3n) is 4.01. The van der Waals surface area contributed by atoms with E-state index in [1.165, 1.54) is 6.07 Å². The molecule has 0 amide bonds. The standard InChI is InChI=1S/C17H20FN2O3PS2.C4H10/c1-17(19-25,15-10-14(20(21)22)8-9-16(15)18)12-26(23)24(2)11-13-6-4-3-5-7-13;1-4(2)3/h3-10,19,25H,11-12H2,1-2H3;4H,1-3H3/t17-,24?,26?;/m0./s1. The summed E-state index contributed by atoms with van der Waals surface area (Å²) in [6, 6.07) is 13.1. The first-order chi connectivity index (χ1) is 14.0. The van der Waals surface area contributed by atoms with Crippen molar-refractivity contribution in [2.45, 2.75) is 39.4 Å². The van der Waals surface area contributed by atoms with Crippen LogP contribution in [0.25, 0.3) is 0 Å². The lowest BCUT2D eigenvalue weighted by Gasteiger charge is -2.30. The summed E-state index contributed by atoms with van der Waals surface area (Å²) >= 11 is 4.07. The first-order valence-electron chi connectivity index (χ1n) is 9.49. The second-order valence-electron chi connectivity index (χ2n) is 7.83. The number of nitro groups is 1. The van der Waals surface area contributed by atoms with E-state index < -0.39 is 33.8 Å². The summed E-state index contributed by atoms with van der Waals surface area (Å²) < 4.78 is 29.9. The van der Waals surface area contributed by atoms with Crippen molar-refractivity contribution in [2.75, 3.05) is 12.4 Å². The van der Waals surface area contributed by atoms with Crippen molar-refractivity contribution < 1.29 is 13.5 Å². The number of nitrogens with one attached hydrogen (secondary N) is 1. The van der Waals surface area contributed by atoms with E-state index in [2.05, 4.69) is 38.3 Å². The Kier molecular flexibility index (Phi) is 11.1. The molecule has 166 valence electrons. The van der Waals surface area contributed by atoms with Gasteiger partial charge in [0.1, 0.15) is 5.82 Å². The normalized spacial score (nSPS) is 14.9. The maximum Gasteiger partial charge on any atom is 0.269 e. The zero-order valence-electron chi connectivity index (χ0n) is 18.0. The summed E-state index contributed by atoms with van der Waals surface area (Å²) in [6.45, 7) is 10.1. The van der Waals surface area contributed by atoms with Crippen LogP contribution in [0.1, 0.15) is 38.8 Å². The topological polar surface area (TPSA) is 72.2 Å². The second-order valence-corrected chi connectivity index (χ2v) is 13.7. The largest absolute Gasteiger partial charge is 0.269 e. The van der Waals surface area contributed by atoms with Gasteiger partial charge in [-0.25, -0.2) is 4.39 Å². The van der Waals surface area contributed by atoms with Crippen molar-refractivity contribution >= 4 is 36.0 Å². The molecule has 2 rings (SSSR count).